The highest BCUT2D eigenvalue weighted by atomic mass is 32.1. The summed E-state index contributed by atoms with van der Waals surface area (Å²) in [5.41, 5.74) is 8.57. The van der Waals surface area contributed by atoms with Gasteiger partial charge in [-0.2, -0.15) is 0 Å². The summed E-state index contributed by atoms with van der Waals surface area (Å²) < 4.78 is 5.38. The Morgan fingerprint density at radius 2 is 2.04 bits per heavy atom. The molecule has 2 amide bonds. The topological polar surface area (TPSA) is 84.7 Å². The van der Waals surface area contributed by atoms with Crippen molar-refractivity contribution in [3.8, 4) is 0 Å². The van der Waals surface area contributed by atoms with Crippen LogP contribution in [0.4, 0.5) is 11.4 Å². The molecule has 0 spiro atoms. The first kappa shape index (κ1) is 19.0. The Kier molecular flexibility index (Phi) is 5.37. The van der Waals surface area contributed by atoms with Crippen LogP contribution in [-0.4, -0.2) is 38.1 Å². The predicted octanol–water partition coefficient (Wildman–Crippen LogP) is 3.06. The summed E-state index contributed by atoms with van der Waals surface area (Å²) in [5, 5.41) is 2.89. The minimum atomic E-state index is -0.551. The van der Waals surface area contributed by atoms with E-state index in [0.29, 0.717) is 35.3 Å². The number of thiophene rings is 1. The number of hydrogen-bond acceptors (Lipinski definition) is 5. The van der Waals surface area contributed by atoms with Crippen molar-refractivity contribution in [3.05, 3.63) is 45.1 Å². The molecule has 1 fully saturated rings. The summed E-state index contributed by atoms with van der Waals surface area (Å²) in [6.45, 7) is 5.10. The van der Waals surface area contributed by atoms with Gasteiger partial charge in [0.2, 0.25) is 0 Å². The average Bonchev–Trinajstić information content (AvgIpc) is 3.12. The summed E-state index contributed by atoms with van der Waals surface area (Å²) in [4.78, 5) is 28.9. The molecule has 6 nitrogen and oxygen atoms in total. The number of hydrogen-bond donors (Lipinski definition) is 2. The minimum Gasteiger partial charge on any atom is -0.378 e. The second-order valence-corrected chi connectivity index (χ2v) is 8.69. The molecule has 0 unspecified atom stereocenters. The van der Waals surface area contributed by atoms with Crippen LogP contribution in [0.5, 0.6) is 0 Å². The molecule has 0 saturated carbocycles. The zero-order valence-electron chi connectivity index (χ0n) is 16.0. The number of aryl methyl sites for hydroxylation is 1. The van der Waals surface area contributed by atoms with Gasteiger partial charge in [-0.3, -0.25) is 9.59 Å². The first-order valence-electron chi connectivity index (χ1n) is 9.70. The summed E-state index contributed by atoms with van der Waals surface area (Å²) >= 11 is 1.55. The van der Waals surface area contributed by atoms with Crippen LogP contribution in [-0.2, 0) is 17.6 Å². The van der Waals surface area contributed by atoms with E-state index in [-0.39, 0.29) is 5.91 Å². The first-order valence-corrected chi connectivity index (χ1v) is 10.5. The molecule has 1 aliphatic carbocycles. The number of amides is 2. The monoisotopic (exact) mass is 399 g/mol. The number of carbonyl (C=O) groups excluding carboxylic acids is 2. The van der Waals surface area contributed by atoms with E-state index in [2.05, 4.69) is 17.1 Å². The first-order chi connectivity index (χ1) is 13.5. The summed E-state index contributed by atoms with van der Waals surface area (Å²) in [7, 11) is 0. The van der Waals surface area contributed by atoms with Crippen molar-refractivity contribution in [1.82, 2.24) is 0 Å². The van der Waals surface area contributed by atoms with Gasteiger partial charge in [0.1, 0.15) is 0 Å². The average molecular weight is 400 g/mol. The Morgan fingerprint density at radius 3 is 2.79 bits per heavy atom. The number of anilines is 2. The number of nitrogens with one attached hydrogen (secondary N) is 1. The number of fused-ring (bicyclic) bond motifs is 1. The molecule has 2 heterocycles. The fourth-order valence-electron chi connectivity index (χ4n) is 3.86. The van der Waals surface area contributed by atoms with E-state index in [1.165, 1.54) is 16.9 Å². The van der Waals surface area contributed by atoms with E-state index in [1.807, 2.05) is 12.1 Å². The van der Waals surface area contributed by atoms with E-state index >= 15 is 0 Å². The van der Waals surface area contributed by atoms with Gasteiger partial charge in [0.15, 0.2) is 0 Å². The second-order valence-electron chi connectivity index (χ2n) is 7.55. The van der Waals surface area contributed by atoms with Crippen LogP contribution in [0, 0.1) is 5.92 Å². The van der Waals surface area contributed by atoms with Crippen molar-refractivity contribution < 1.29 is 14.3 Å². The van der Waals surface area contributed by atoms with E-state index in [0.717, 1.165) is 31.6 Å². The van der Waals surface area contributed by atoms with Gasteiger partial charge in [-0.25, -0.2) is 0 Å². The third-order valence-electron chi connectivity index (χ3n) is 5.45. The van der Waals surface area contributed by atoms with Crippen molar-refractivity contribution in [2.75, 3.05) is 36.5 Å². The predicted molar refractivity (Wildman–Crippen MR) is 111 cm³/mol. The highest BCUT2D eigenvalue weighted by Gasteiger charge is 2.22. The molecule has 148 valence electrons. The molecule has 28 heavy (non-hydrogen) atoms. The van der Waals surface area contributed by atoms with E-state index in [9.17, 15) is 9.59 Å². The Balaban J connectivity index is 1.55. The van der Waals surface area contributed by atoms with E-state index < -0.39 is 5.91 Å². The van der Waals surface area contributed by atoms with Gasteiger partial charge in [0.25, 0.3) is 11.8 Å². The van der Waals surface area contributed by atoms with Crippen LogP contribution in [0.25, 0.3) is 0 Å². The van der Waals surface area contributed by atoms with Crippen molar-refractivity contribution in [2.24, 2.45) is 11.7 Å². The number of nitrogens with zero attached hydrogens (tertiary/aromatic N) is 1. The number of morpholine rings is 1. The number of primary amides is 1. The van der Waals surface area contributed by atoms with Gasteiger partial charge in [-0.05, 0) is 55.0 Å². The number of rotatable bonds is 4. The van der Waals surface area contributed by atoms with E-state index in [1.54, 1.807) is 23.5 Å². The normalized spacial score (nSPS) is 19.2. The molecule has 2 aromatic rings. The van der Waals surface area contributed by atoms with Crippen LogP contribution < -0.4 is 16.0 Å². The third-order valence-corrected chi connectivity index (χ3v) is 6.68. The van der Waals surface area contributed by atoms with Crippen LogP contribution in [0.15, 0.2) is 24.3 Å². The summed E-state index contributed by atoms with van der Waals surface area (Å²) in [6.07, 6.45) is 3.23. The molecule has 1 atom stereocenters. The van der Waals surface area contributed by atoms with Crippen molar-refractivity contribution in [2.45, 2.75) is 26.2 Å². The molecule has 7 heteroatoms. The molecule has 1 saturated heterocycles. The highest BCUT2D eigenvalue weighted by Crippen LogP contribution is 2.33. The molecular formula is C21H25N3O3S. The molecule has 2 aliphatic rings. The smallest absolute Gasteiger partial charge is 0.265 e. The van der Waals surface area contributed by atoms with Gasteiger partial charge >= 0.3 is 0 Å². The number of carbonyl (C=O) groups is 2. The van der Waals surface area contributed by atoms with Gasteiger partial charge in [0.05, 0.1) is 29.3 Å². The zero-order chi connectivity index (χ0) is 19.7. The van der Waals surface area contributed by atoms with Gasteiger partial charge in [0, 0.05) is 23.7 Å². The molecular weight excluding hydrogens is 374 g/mol. The molecule has 3 N–H and O–H groups in total. The van der Waals surface area contributed by atoms with Crippen molar-refractivity contribution in [1.29, 1.82) is 0 Å². The highest BCUT2D eigenvalue weighted by molar-refractivity contribution is 7.14. The second kappa shape index (κ2) is 7.93. The minimum absolute atomic E-state index is 0.186. The lowest BCUT2D eigenvalue weighted by Crippen LogP contribution is -2.36. The van der Waals surface area contributed by atoms with Gasteiger partial charge < -0.3 is 20.7 Å². The summed E-state index contributed by atoms with van der Waals surface area (Å²) in [5.74, 6) is -0.0782. The summed E-state index contributed by atoms with van der Waals surface area (Å²) in [6, 6.07) is 7.42. The third kappa shape index (κ3) is 3.91. The zero-order valence-corrected chi connectivity index (χ0v) is 16.8. The van der Waals surface area contributed by atoms with Crippen LogP contribution in [0.2, 0.25) is 0 Å². The lowest BCUT2D eigenvalue weighted by Gasteiger charge is -2.29. The van der Waals surface area contributed by atoms with Gasteiger partial charge in [-0.1, -0.05) is 6.92 Å². The largest absolute Gasteiger partial charge is 0.378 e. The molecule has 1 aromatic carbocycles. The Bertz CT molecular complexity index is 902. The number of nitrogens with two attached hydrogens (primary N) is 1. The van der Waals surface area contributed by atoms with Crippen molar-refractivity contribution >= 4 is 34.5 Å². The fourth-order valence-corrected chi connectivity index (χ4v) is 4.97. The lowest BCUT2D eigenvalue weighted by molar-refractivity contribution is 0.100. The SMILES string of the molecule is C[C@H]1CCc2sc(C(=O)Nc3ccc(N4CCOCC4)cc3C(N)=O)cc2C1. The number of benzene rings is 1. The van der Waals surface area contributed by atoms with Gasteiger partial charge in [-0.15, -0.1) is 11.3 Å². The maximum Gasteiger partial charge on any atom is 0.265 e. The fraction of sp³-hybridized carbons (Fsp3) is 0.429. The van der Waals surface area contributed by atoms with Crippen LogP contribution >= 0.6 is 11.3 Å². The van der Waals surface area contributed by atoms with Crippen LogP contribution in [0.3, 0.4) is 0 Å². The molecule has 1 aromatic heterocycles. The molecule has 4 rings (SSSR count). The number of ether oxygens (including phenoxy) is 1. The quantitative estimate of drug-likeness (QED) is 0.828. The molecule has 1 aliphatic heterocycles. The Morgan fingerprint density at radius 1 is 1.25 bits per heavy atom. The Labute approximate surface area is 168 Å². The van der Waals surface area contributed by atoms with Crippen LogP contribution in [0.1, 0.15) is 43.8 Å². The lowest BCUT2D eigenvalue weighted by atomic mass is 9.90. The Hall–Kier alpha value is -2.38. The maximum absolute atomic E-state index is 12.8. The van der Waals surface area contributed by atoms with Crippen molar-refractivity contribution in [3.63, 3.8) is 0 Å². The maximum atomic E-state index is 12.8. The standard InChI is InChI=1S/C21H25N3O3S/c1-13-2-5-18-14(10-13)11-19(28-18)21(26)23-17-4-3-15(12-16(17)20(22)25)24-6-8-27-9-7-24/h3-4,11-13H,2,5-10H2,1H3,(H2,22,25)(H,23,26)/t13-/m0/s1. The molecule has 0 radical (unpaired) electrons. The molecule has 0 bridgehead atoms. The van der Waals surface area contributed by atoms with E-state index in [4.69, 9.17) is 10.5 Å².